The highest BCUT2D eigenvalue weighted by Crippen LogP contribution is 2.24. The molecule has 2 aromatic rings. The summed E-state index contributed by atoms with van der Waals surface area (Å²) in [5.74, 6) is -2.06. The van der Waals surface area contributed by atoms with Crippen molar-refractivity contribution in [3.63, 3.8) is 0 Å². The van der Waals surface area contributed by atoms with Gasteiger partial charge in [-0.1, -0.05) is 23.7 Å². The van der Waals surface area contributed by atoms with Crippen LogP contribution in [0.15, 0.2) is 42.5 Å². The summed E-state index contributed by atoms with van der Waals surface area (Å²) < 4.78 is 4.76. The number of esters is 1. The third kappa shape index (κ3) is 4.20. The highest BCUT2D eigenvalue weighted by molar-refractivity contribution is 6.31. The predicted molar refractivity (Wildman–Crippen MR) is 85.1 cm³/mol. The molecule has 0 fully saturated rings. The van der Waals surface area contributed by atoms with Gasteiger partial charge in [-0.25, -0.2) is 4.79 Å². The van der Waals surface area contributed by atoms with Crippen molar-refractivity contribution in [1.29, 1.82) is 0 Å². The quantitative estimate of drug-likeness (QED) is 0.486. The first-order chi connectivity index (χ1) is 11.4. The fourth-order valence-corrected chi connectivity index (χ4v) is 1.98. The number of phenols is 1. The second-order valence-corrected chi connectivity index (χ2v) is 5.00. The number of carbonyl (C=O) groups is 2. The number of hydrogen-bond acceptors (Lipinski definition) is 6. The minimum atomic E-state index is -0.951. The largest absolute Gasteiger partial charge is 0.507 e. The van der Waals surface area contributed by atoms with Crippen LogP contribution in [-0.2, 0) is 9.53 Å². The van der Waals surface area contributed by atoms with E-state index in [1.165, 1.54) is 42.5 Å². The lowest BCUT2D eigenvalue weighted by molar-refractivity contribution is -0.383. The number of nitro benzene ring substituents is 1. The van der Waals surface area contributed by atoms with E-state index in [9.17, 15) is 24.8 Å². The van der Waals surface area contributed by atoms with Gasteiger partial charge in [0.15, 0.2) is 6.61 Å². The molecule has 0 bridgehead atoms. The molecule has 0 spiro atoms. The molecule has 2 N–H and O–H groups in total. The number of aromatic hydroxyl groups is 1. The lowest BCUT2D eigenvalue weighted by Crippen LogP contribution is -2.21. The van der Waals surface area contributed by atoms with E-state index in [1.807, 2.05) is 0 Å². The van der Waals surface area contributed by atoms with E-state index < -0.39 is 23.4 Å². The maximum absolute atomic E-state index is 11.8. The van der Waals surface area contributed by atoms with Crippen LogP contribution in [0.3, 0.4) is 0 Å². The fraction of sp³-hybridized carbons (Fsp3) is 0.0667. The van der Waals surface area contributed by atoms with Crippen LogP contribution in [-0.4, -0.2) is 28.5 Å². The van der Waals surface area contributed by atoms with E-state index in [4.69, 9.17) is 16.3 Å². The number of nitro groups is 1. The van der Waals surface area contributed by atoms with E-state index in [0.717, 1.165) is 0 Å². The molecule has 8 nitrogen and oxygen atoms in total. The normalized spacial score (nSPS) is 10.0. The number of rotatable bonds is 5. The van der Waals surface area contributed by atoms with Crippen molar-refractivity contribution < 1.29 is 24.4 Å². The molecule has 0 saturated heterocycles. The molecule has 0 aliphatic rings. The Morgan fingerprint density at radius 3 is 2.67 bits per heavy atom. The molecule has 24 heavy (non-hydrogen) atoms. The lowest BCUT2D eigenvalue weighted by atomic mass is 10.2. The molecule has 0 unspecified atom stereocenters. The number of benzene rings is 2. The summed E-state index contributed by atoms with van der Waals surface area (Å²) >= 11 is 5.72. The van der Waals surface area contributed by atoms with Gasteiger partial charge in [0.25, 0.3) is 11.6 Å². The van der Waals surface area contributed by atoms with Crippen molar-refractivity contribution in [3.8, 4) is 5.75 Å². The summed E-state index contributed by atoms with van der Waals surface area (Å²) in [4.78, 5) is 33.8. The number of nitrogens with zero attached hydrogens (tertiary/aromatic N) is 1. The minimum absolute atomic E-state index is 0.0193. The number of amides is 1. The zero-order valence-corrected chi connectivity index (χ0v) is 12.8. The van der Waals surface area contributed by atoms with Crippen molar-refractivity contribution in [2.75, 3.05) is 11.9 Å². The molecule has 2 aromatic carbocycles. The van der Waals surface area contributed by atoms with Gasteiger partial charge in [-0.15, -0.1) is 0 Å². The number of carbonyl (C=O) groups excluding carboxylic acids is 2. The maximum Gasteiger partial charge on any atom is 0.342 e. The van der Waals surface area contributed by atoms with Crippen LogP contribution >= 0.6 is 11.6 Å². The second-order valence-electron chi connectivity index (χ2n) is 4.56. The Labute approximate surface area is 140 Å². The van der Waals surface area contributed by atoms with Gasteiger partial charge in [0.1, 0.15) is 17.0 Å². The molecule has 0 aliphatic heterocycles. The number of halogens is 1. The summed E-state index contributed by atoms with van der Waals surface area (Å²) in [5.41, 5.74) is -0.500. The number of ether oxygens (including phenoxy) is 1. The molecule has 0 radical (unpaired) electrons. The molecule has 0 aromatic heterocycles. The van der Waals surface area contributed by atoms with E-state index in [0.29, 0.717) is 0 Å². The zero-order chi connectivity index (χ0) is 17.7. The Kier molecular flexibility index (Phi) is 5.33. The van der Waals surface area contributed by atoms with Crippen LogP contribution in [0, 0.1) is 10.1 Å². The zero-order valence-electron chi connectivity index (χ0n) is 12.1. The fourth-order valence-electron chi connectivity index (χ4n) is 1.81. The van der Waals surface area contributed by atoms with Crippen molar-refractivity contribution >= 4 is 34.9 Å². The number of nitrogens with one attached hydrogen (secondary N) is 1. The Morgan fingerprint density at radius 1 is 1.25 bits per heavy atom. The van der Waals surface area contributed by atoms with Gasteiger partial charge in [0, 0.05) is 11.1 Å². The Hall–Kier alpha value is -3.13. The molecule has 124 valence electrons. The molecule has 2 rings (SSSR count). The van der Waals surface area contributed by atoms with Crippen molar-refractivity contribution in [3.05, 3.63) is 63.2 Å². The predicted octanol–water partition coefficient (Wildman–Crippen LogP) is 2.75. The van der Waals surface area contributed by atoms with Gasteiger partial charge in [0.05, 0.1) is 4.92 Å². The average Bonchev–Trinajstić information content (AvgIpc) is 2.55. The van der Waals surface area contributed by atoms with Gasteiger partial charge < -0.3 is 15.2 Å². The Balaban J connectivity index is 2.00. The summed E-state index contributed by atoms with van der Waals surface area (Å²) in [5, 5.41) is 22.9. The lowest BCUT2D eigenvalue weighted by Gasteiger charge is -2.08. The molecular weight excluding hydrogens is 340 g/mol. The first kappa shape index (κ1) is 17.2. The topological polar surface area (TPSA) is 119 Å². The van der Waals surface area contributed by atoms with Crippen LogP contribution in [0.5, 0.6) is 5.75 Å². The summed E-state index contributed by atoms with van der Waals surface area (Å²) in [6.45, 7) is -0.684. The molecule has 0 saturated carbocycles. The average molecular weight is 351 g/mol. The Bertz CT molecular complexity index is 808. The van der Waals surface area contributed by atoms with Crippen molar-refractivity contribution in [1.82, 2.24) is 0 Å². The SMILES string of the molecule is O=C(COC(=O)c1cc(Cl)ccc1O)Nc1ccccc1[N+](=O)[O-]. The van der Waals surface area contributed by atoms with Crippen LogP contribution in [0.1, 0.15) is 10.4 Å². The smallest absolute Gasteiger partial charge is 0.342 e. The number of hydrogen-bond donors (Lipinski definition) is 2. The summed E-state index contributed by atoms with van der Waals surface area (Å²) in [6.07, 6.45) is 0. The maximum atomic E-state index is 11.8. The van der Waals surface area contributed by atoms with Crippen LogP contribution in [0.25, 0.3) is 0 Å². The van der Waals surface area contributed by atoms with Crippen LogP contribution in [0.2, 0.25) is 5.02 Å². The summed E-state index contributed by atoms with van der Waals surface area (Å²) in [7, 11) is 0. The number of para-hydroxylation sites is 2. The minimum Gasteiger partial charge on any atom is -0.507 e. The van der Waals surface area contributed by atoms with E-state index in [-0.39, 0.29) is 27.7 Å². The third-order valence-electron chi connectivity index (χ3n) is 2.89. The number of phenolic OH excluding ortho intramolecular Hbond substituents is 1. The summed E-state index contributed by atoms with van der Waals surface area (Å²) in [6, 6.07) is 9.33. The molecule has 1 amide bonds. The second kappa shape index (κ2) is 7.42. The van der Waals surface area contributed by atoms with Gasteiger partial charge in [-0.05, 0) is 24.3 Å². The first-order valence-corrected chi connectivity index (χ1v) is 6.95. The van der Waals surface area contributed by atoms with Gasteiger partial charge in [-0.2, -0.15) is 0 Å². The van der Waals surface area contributed by atoms with E-state index in [2.05, 4.69) is 5.32 Å². The molecular formula is C15H11ClN2O6. The van der Waals surface area contributed by atoms with Gasteiger partial charge in [0.2, 0.25) is 0 Å². The van der Waals surface area contributed by atoms with Crippen molar-refractivity contribution in [2.45, 2.75) is 0 Å². The highest BCUT2D eigenvalue weighted by atomic mass is 35.5. The monoisotopic (exact) mass is 350 g/mol. The van der Waals surface area contributed by atoms with E-state index >= 15 is 0 Å². The molecule has 0 heterocycles. The third-order valence-corrected chi connectivity index (χ3v) is 3.12. The first-order valence-electron chi connectivity index (χ1n) is 6.57. The number of anilines is 1. The Morgan fingerprint density at radius 2 is 1.96 bits per heavy atom. The molecule has 9 heteroatoms. The van der Waals surface area contributed by atoms with E-state index in [1.54, 1.807) is 0 Å². The van der Waals surface area contributed by atoms with Gasteiger partial charge in [-0.3, -0.25) is 14.9 Å². The highest BCUT2D eigenvalue weighted by Gasteiger charge is 2.18. The molecule has 0 aliphatic carbocycles. The van der Waals surface area contributed by atoms with Crippen molar-refractivity contribution in [2.24, 2.45) is 0 Å². The molecule has 0 atom stereocenters. The van der Waals surface area contributed by atoms with Gasteiger partial charge >= 0.3 is 5.97 Å². The van der Waals surface area contributed by atoms with Crippen LogP contribution in [0.4, 0.5) is 11.4 Å². The van der Waals surface area contributed by atoms with Crippen LogP contribution < -0.4 is 5.32 Å². The standard InChI is InChI=1S/C15H11ClN2O6/c16-9-5-6-13(19)10(7-9)15(21)24-8-14(20)17-11-3-1-2-4-12(11)18(22)23/h1-7,19H,8H2,(H,17,20).